The number of hydrogen-bond donors (Lipinski definition) is 2. The Labute approximate surface area is 158 Å². The van der Waals surface area contributed by atoms with Gasteiger partial charge in [-0.15, -0.1) is 0 Å². The predicted octanol–water partition coefficient (Wildman–Crippen LogP) is 1.42. The van der Waals surface area contributed by atoms with Gasteiger partial charge in [-0.2, -0.15) is 0 Å². The number of ether oxygens (including phenoxy) is 3. The van der Waals surface area contributed by atoms with Crippen molar-refractivity contribution < 1.29 is 28.6 Å². The van der Waals surface area contributed by atoms with Gasteiger partial charge in [0.05, 0.1) is 14.2 Å². The first-order valence-corrected chi connectivity index (χ1v) is 8.94. The first-order chi connectivity index (χ1) is 12.9. The number of amides is 2. The number of esters is 1. The third-order valence-corrected chi connectivity index (χ3v) is 4.39. The van der Waals surface area contributed by atoms with Gasteiger partial charge in [0.15, 0.2) is 6.10 Å². The second-order valence-electron chi connectivity index (χ2n) is 6.41. The van der Waals surface area contributed by atoms with E-state index in [0.717, 1.165) is 25.7 Å². The second kappa shape index (κ2) is 9.80. The molecule has 0 aromatic heterocycles. The molecule has 0 bridgehead atoms. The zero-order valence-electron chi connectivity index (χ0n) is 15.9. The largest absolute Gasteiger partial charge is 0.497 e. The van der Waals surface area contributed by atoms with E-state index in [-0.39, 0.29) is 24.1 Å². The van der Waals surface area contributed by atoms with Crippen molar-refractivity contribution in [1.29, 1.82) is 0 Å². The van der Waals surface area contributed by atoms with Crippen LogP contribution in [-0.2, 0) is 14.3 Å². The Bertz CT molecular complexity index is 663. The summed E-state index contributed by atoms with van der Waals surface area (Å²) in [7, 11) is 2.96. The molecule has 0 radical (unpaired) electrons. The number of nitrogens with one attached hydrogen (secondary N) is 2. The Kier molecular flexibility index (Phi) is 7.45. The minimum atomic E-state index is -0.910. The lowest BCUT2D eigenvalue weighted by molar-refractivity contribution is -0.154. The van der Waals surface area contributed by atoms with Crippen molar-refractivity contribution in [3.63, 3.8) is 0 Å². The van der Waals surface area contributed by atoms with Crippen LogP contribution in [0.5, 0.6) is 11.5 Å². The number of rotatable bonds is 8. The molecule has 0 spiro atoms. The van der Waals surface area contributed by atoms with E-state index < -0.39 is 18.0 Å². The molecular formula is C19H26N2O6. The second-order valence-corrected chi connectivity index (χ2v) is 6.41. The summed E-state index contributed by atoms with van der Waals surface area (Å²) in [5, 5.41) is 5.33. The van der Waals surface area contributed by atoms with Gasteiger partial charge in [0, 0.05) is 17.7 Å². The van der Waals surface area contributed by atoms with Crippen LogP contribution in [-0.4, -0.2) is 50.7 Å². The molecule has 2 amide bonds. The molecule has 148 valence electrons. The van der Waals surface area contributed by atoms with Gasteiger partial charge in [0.2, 0.25) is 0 Å². The van der Waals surface area contributed by atoms with E-state index in [1.807, 2.05) is 0 Å². The molecule has 1 aliphatic carbocycles. The molecule has 0 aliphatic heterocycles. The number of hydrogen-bond acceptors (Lipinski definition) is 6. The molecule has 2 rings (SSSR count). The first kappa shape index (κ1) is 20.5. The molecule has 1 aromatic rings. The van der Waals surface area contributed by atoms with Gasteiger partial charge >= 0.3 is 5.97 Å². The molecule has 1 atom stereocenters. The van der Waals surface area contributed by atoms with Crippen molar-refractivity contribution in [2.24, 2.45) is 0 Å². The van der Waals surface area contributed by atoms with Gasteiger partial charge < -0.3 is 24.8 Å². The highest BCUT2D eigenvalue weighted by Crippen LogP contribution is 2.22. The van der Waals surface area contributed by atoms with E-state index in [2.05, 4.69) is 10.6 Å². The van der Waals surface area contributed by atoms with Crippen LogP contribution in [0.1, 0.15) is 43.0 Å². The Morgan fingerprint density at radius 3 is 2.22 bits per heavy atom. The van der Waals surface area contributed by atoms with Crippen LogP contribution in [0.25, 0.3) is 0 Å². The fourth-order valence-corrected chi connectivity index (χ4v) is 2.87. The maximum Gasteiger partial charge on any atom is 0.326 e. The summed E-state index contributed by atoms with van der Waals surface area (Å²) in [6.07, 6.45) is 3.19. The van der Waals surface area contributed by atoms with Crippen molar-refractivity contribution >= 4 is 17.8 Å². The Morgan fingerprint density at radius 2 is 1.67 bits per heavy atom. The monoisotopic (exact) mass is 378 g/mol. The Hall–Kier alpha value is -2.77. The number of methoxy groups -OCH3 is 2. The quantitative estimate of drug-likeness (QED) is 0.663. The van der Waals surface area contributed by atoms with E-state index in [4.69, 9.17) is 14.2 Å². The summed E-state index contributed by atoms with van der Waals surface area (Å²) in [4.78, 5) is 36.2. The SMILES string of the molecule is COc1cc(OC)cc(C(=O)NCC(=O)O[C@H](C)C(=O)NC2CCCC2)c1. The minimum Gasteiger partial charge on any atom is -0.497 e. The van der Waals surface area contributed by atoms with E-state index in [0.29, 0.717) is 11.5 Å². The van der Waals surface area contributed by atoms with E-state index in [1.165, 1.54) is 33.3 Å². The zero-order valence-corrected chi connectivity index (χ0v) is 15.9. The van der Waals surface area contributed by atoms with Crippen LogP contribution in [0.15, 0.2) is 18.2 Å². The van der Waals surface area contributed by atoms with E-state index >= 15 is 0 Å². The highest BCUT2D eigenvalue weighted by Gasteiger charge is 2.23. The van der Waals surface area contributed by atoms with Crippen molar-refractivity contribution in [2.45, 2.75) is 44.8 Å². The van der Waals surface area contributed by atoms with Crippen molar-refractivity contribution in [1.82, 2.24) is 10.6 Å². The highest BCUT2D eigenvalue weighted by molar-refractivity contribution is 5.96. The topological polar surface area (TPSA) is 103 Å². The maximum atomic E-state index is 12.2. The average Bonchev–Trinajstić information content (AvgIpc) is 3.18. The molecule has 1 aromatic carbocycles. The molecule has 8 nitrogen and oxygen atoms in total. The lowest BCUT2D eigenvalue weighted by Crippen LogP contribution is -2.42. The molecule has 0 heterocycles. The van der Waals surface area contributed by atoms with Crippen LogP contribution in [0.2, 0.25) is 0 Å². The third kappa shape index (κ3) is 6.16. The summed E-state index contributed by atoms with van der Waals surface area (Å²) >= 11 is 0. The van der Waals surface area contributed by atoms with Crippen LogP contribution in [0.4, 0.5) is 0 Å². The maximum absolute atomic E-state index is 12.2. The minimum absolute atomic E-state index is 0.154. The van der Waals surface area contributed by atoms with Gasteiger partial charge in [-0.1, -0.05) is 12.8 Å². The van der Waals surface area contributed by atoms with Gasteiger partial charge in [-0.05, 0) is 31.9 Å². The standard InChI is InChI=1S/C19H26N2O6/c1-12(18(23)21-14-6-4-5-7-14)27-17(22)11-20-19(24)13-8-15(25-2)10-16(9-13)26-3/h8-10,12,14H,4-7,11H2,1-3H3,(H,20,24)(H,21,23)/t12-/m1/s1. The summed E-state index contributed by atoms with van der Waals surface area (Å²) in [6, 6.07) is 4.85. The molecule has 2 N–H and O–H groups in total. The third-order valence-electron chi connectivity index (χ3n) is 4.39. The first-order valence-electron chi connectivity index (χ1n) is 8.94. The van der Waals surface area contributed by atoms with Crippen molar-refractivity contribution in [3.05, 3.63) is 23.8 Å². The van der Waals surface area contributed by atoms with Gasteiger partial charge in [-0.3, -0.25) is 14.4 Å². The molecule has 1 saturated carbocycles. The lowest BCUT2D eigenvalue weighted by atomic mass is 10.2. The molecule has 27 heavy (non-hydrogen) atoms. The summed E-state index contributed by atoms with van der Waals surface area (Å²) in [5.41, 5.74) is 0.283. The fraction of sp³-hybridized carbons (Fsp3) is 0.526. The van der Waals surface area contributed by atoms with Crippen LogP contribution >= 0.6 is 0 Å². The molecule has 1 aliphatic rings. The molecular weight excluding hydrogens is 352 g/mol. The molecule has 0 saturated heterocycles. The van der Waals surface area contributed by atoms with Gasteiger partial charge in [0.25, 0.3) is 11.8 Å². The summed E-state index contributed by atoms with van der Waals surface area (Å²) in [6.45, 7) is 1.16. The van der Waals surface area contributed by atoms with Gasteiger partial charge in [0.1, 0.15) is 18.0 Å². The number of benzene rings is 1. The fourth-order valence-electron chi connectivity index (χ4n) is 2.87. The summed E-state index contributed by atoms with van der Waals surface area (Å²) < 4.78 is 15.3. The van der Waals surface area contributed by atoms with E-state index in [9.17, 15) is 14.4 Å². The van der Waals surface area contributed by atoms with E-state index in [1.54, 1.807) is 6.07 Å². The summed E-state index contributed by atoms with van der Waals surface area (Å²) in [5.74, 6) is -0.572. The smallest absolute Gasteiger partial charge is 0.326 e. The number of carbonyl (C=O) groups excluding carboxylic acids is 3. The zero-order chi connectivity index (χ0) is 19.8. The average molecular weight is 378 g/mol. The predicted molar refractivity (Wildman–Crippen MR) is 97.8 cm³/mol. The lowest BCUT2D eigenvalue weighted by Gasteiger charge is -2.17. The number of carbonyl (C=O) groups is 3. The normalized spacial score (nSPS) is 14.9. The van der Waals surface area contributed by atoms with Crippen molar-refractivity contribution in [2.75, 3.05) is 20.8 Å². The van der Waals surface area contributed by atoms with Crippen LogP contribution in [0, 0.1) is 0 Å². The molecule has 0 unspecified atom stereocenters. The van der Waals surface area contributed by atoms with Crippen LogP contribution in [0.3, 0.4) is 0 Å². The Morgan fingerprint density at radius 1 is 1.07 bits per heavy atom. The highest BCUT2D eigenvalue weighted by atomic mass is 16.5. The molecule has 1 fully saturated rings. The molecule has 8 heteroatoms. The van der Waals surface area contributed by atoms with Crippen LogP contribution < -0.4 is 20.1 Å². The Balaban J connectivity index is 1.82. The van der Waals surface area contributed by atoms with Crippen molar-refractivity contribution in [3.8, 4) is 11.5 Å². The van der Waals surface area contributed by atoms with Gasteiger partial charge in [-0.25, -0.2) is 0 Å².